The second kappa shape index (κ2) is 6.14. The highest BCUT2D eigenvalue weighted by Gasteiger charge is 2.32. The fourth-order valence-electron chi connectivity index (χ4n) is 2.09. The lowest BCUT2D eigenvalue weighted by Crippen LogP contribution is -2.46. The van der Waals surface area contributed by atoms with Gasteiger partial charge in [0.25, 0.3) is 0 Å². The first-order valence-electron chi connectivity index (χ1n) is 6.67. The van der Waals surface area contributed by atoms with E-state index in [4.69, 9.17) is 0 Å². The minimum atomic E-state index is -4.39. The van der Waals surface area contributed by atoms with Crippen LogP contribution >= 0.6 is 0 Å². The topological polar surface area (TPSA) is 32.3 Å². The molecule has 0 saturated carbocycles. The summed E-state index contributed by atoms with van der Waals surface area (Å²) in [7, 11) is 0. The van der Waals surface area contributed by atoms with Crippen LogP contribution in [-0.2, 0) is 6.18 Å². The third-order valence-electron chi connectivity index (χ3n) is 2.99. The smallest absolute Gasteiger partial charge is 0.387 e. The van der Waals surface area contributed by atoms with E-state index in [0.29, 0.717) is 6.42 Å². The molecule has 0 unspecified atom stereocenters. The highest BCUT2D eigenvalue weighted by Crippen LogP contribution is 2.31. The van der Waals surface area contributed by atoms with Gasteiger partial charge < -0.3 is 10.4 Å². The fraction of sp³-hybridized carbons (Fsp3) is 0.600. The van der Waals surface area contributed by atoms with Gasteiger partial charge in [-0.1, -0.05) is 19.1 Å². The molecule has 0 spiro atoms. The van der Waals surface area contributed by atoms with Crippen molar-refractivity contribution in [1.29, 1.82) is 0 Å². The standard InChI is InChI=1S/C15H22F3NO/c1-5-12(19-14(2,3)4)13(20)10-7-6-8-11(9-10)15(16,17)18/h6-9,12-13,19-20H,5H2,1-4H3/t12-,13+/m0/s1. The minimum Gasteiger partial charge on any atom is -0.387 e. The minimum absolute atomic E-state index is 0.219. The van der Waals surface area contributed by atoms with Crippen LogP contribution in [0.15, 0.2) is 24.3 Å². The third-order valence-corrected chi connectivity index (χ3v) is 2.99. The second-order valence-electron chi connectivity index (χ2n) is 5.98. The van der Waals surface area contributed by atoms with Crippen molar-refractivity contribution in [3.8, 4) is 0 Å². The number of alkyl halides is 3. The van der Waals surface area contributed by atoms with Gasteiger partial charge >= 0.3 is 6.18 Å². The summed E-state index contributed by atoms with van der Waals surface area (Å²) < 4.78 is 38.1. The van der Waals surface area contributed by atoms with Crippen LogP contribution in [0, 0.1) is 0 Å². The monoisotopic (exact) mass is 289 g/mol. The van der Waals surface area contributed by atoms with Gasteiger partial charge in [0.15, 0.2) is 0 Å². The van der Waals surface area contributed by atoms with Gasteiger partial charge in [-0.25, -0.2) is 0 Å². The quantitative estimate of drug-likeness (QED) is 0.881. The summed E-state index contributed by atoms with van der Waals surface area (Å²) in [6, 6.07) is 4.57. The molecule has 1 rings (SSSR count). The molecule has 0 saturated heterocycles. The largest absolute Gasteiger partial charge is 0.416 e. The molecule has 0 aromatic heterocycles. The van der Waals surface area contributed by atoms with E-state index in [2.05, 4.69) is 5.32 Å². The second-order valence-corrected chi connectivity index (χ2v) is 5.98. The lowest BCUT2D eigenvalue weighted by molar-refractivity contribution is -0.137. The lowest BCUT2D eigenvalue weighted by atomic mass is 9.96. The lowest BCUT2D eigenvalue weighted by Gasteiger charge is -2.31. The zero-order valence-electron chi connectivity index (χ0n) is 12.3. The van der Waals surface area contributed by atoms with Crippen molar-refractivity contribution in [1.82, 2.24) is 5.32 Å². The van der Waals surface area contributed by atoms with Crippen molar-refractivity contribution in [2.45, 2.75) is 58.0 Å². The van der Waals surface area contributed by atoms with Crippen molar-refractivity contribution in [2.24, 2.45) is 0 Å². The summed E-state index contributed by atoms with van der Waals surface area (Å²) in [5.41, 5.74) is -0.674. The highest BCUT2D eigenvalue weighted by molar-refractivity contribution is 5.28. The van der Waals surface area contributed by atoms with Gasteiger partial charge in [-0.2, -0.15) is 13.2 Å². The molecule has 1 aromatic rings. The van der Waals surface area contributed by atoms with E-state index in [1.54, 1.807) is 0 Å². The van der Waals surface area contributed by atoms with Crippen molar-refractivity contribution in [3.63, 3.8) is 0 Å². The molecule has 0 radical (unpaired) electrons. The number of aliphatic hydroxyl groups excluding tert-OH is 1. The number of hydrogen-bond acceptors (Lipinski definition) is 2. The Labute approximate surface area is 118 Å². The zero-order chi connectivity index (χ0) is 15.6. The first-order valence-corrected chi connectivity index (χ1v) is 6.67. The Balaban J connectivity index is 2.98. The summed E-state index contributed by atoms with van der Waals surface area (Å²) in [4.78, 5) is 0. The van der Waals surface area contributed by atoms with Crippen LogP contribution in [0.2, 0.25) is 0 Å². The molecule has 20 heavy (non-hydrogen) atoms. The van der Waals surface area contributed by atoms with E-state index in [1.807, 2.05) is 27.7 Å². The molecule has 2 atom stereocenters. The van der Waals surface area contributed by atoms with Gasteiger partial charge in [-0.3, -0.25) is 0 Å². The molecule has 0 amide bonds. The molecule has 0 fully saturated rings. The molecule has 0 heterocycles. The van der Waals surface area contributed by atoms with Crippen LogP contribution in [0.4, 0.5) is 13.2 Å². The molecule has 0 aliphatic carbocycles. The van der Waals surface area contributed by atoms with Crippen LogP contribution in [0.5, 0.6) is 0 Å². The number of aliphatic hydroxyl groups is 1. The van der Waals surface area contributed by atoms with E-state index in [1.165, 1.54) is 12.1 Å². The molecule has 114 valence electrons. The number of nitrogens with one attached hydrogen (secondary N) is 1. The van der Waals surface area contributed by atoms with E-state index in [-0.39, 0.29) is 17.1 Å². The summed E-state index contributed by atoms with van der Waals surface area (Å²) in [6.07, 6.45) is -4.75. The number of hydrogen-bond donors (Lipinski definition) is 2. The Hall–Kier alpha value is -1.07. The Kier molecular flexibility index (Phi) is 5.21. The van der Waals surface area contributed by atoms with Crippen LogP contribution in [0.25, 0.3) is 0 Å². The Morgan fingerprint density at radius 1 is 1.20 bits per heavy atom. The Bertz CT molecular complexity index is 437. The van der Waals surface area contributed by atoms with Crippen molar-refractivity contribution in [2.75, 3.05) is 0 Å². The highest BCUT2D eigenvalue weighted by atomic mass is 19.4. The SMILES string of the molecule is CC[C@H](NC(C)(C)C)[C@H](O)c1cccc(C(F)(F)F)c1. The van der Waals surface area contributed by atoms with Gasteiger partial charge in [0.1, 0.15) is 0 Å². The number of halogens is 3. The first-order chi connectivity index (χ1) is 9.04. The van der Waals surface area contributed by atoms with Gasteiger partial charge in [-0.05, 0) is 44.9 Å². The summed E-state index contributed by atoms with van der Waals surface area (Å²) in [5.74, 6) is 0. The molecule has 0 bridgehead atoms. The van der Waals surface area contributed by atoms with E-state index in [0.717, 1.165) is 12.1 Å². The predicted molar refractivity (Wildman–Crippen MR) is 73.4 cm³/mol. The van der Waals surface area contributed by atoms with Crippen molar-refractivity contribution in [3.05, 3.63) is 35.4 Å². The average molecular weight is 289 g/mol. The van der Waals surface area contributed by atoms with E-state index in [9.17, 15) is 18.3 Å². The Morgan fingerprint density at radius 3 is 2.25 bits per heavy atom. The van der Waals surface area contributed by atoms with E-state index < -0.39 is 17.8 Å². The molecular weight excluding hydrogens is 267 g/mol. The molecule has 0 aliphatic rings. The van der Waals surface area contributed by atoms with Crippen LogP contribution in [-0.4, -0.2) is 16.7 Å². The van der Waals surface area contributed by atoms with E-state index >= 15 is 0 Å². The van der Waals surface area contributed by atoms with Gasteiger partial charge in [-0.15, -0.1) is 0 Å². The zero-order valence-corrected chi connectivity index (χ0v) is 12.3. The van der Waals surface area contributed by atoms with Crippen LogP contribution < -0.4 is 5.32 Å². The maximum atomic E-state index is 12.7. The van der Waals surface area contributed by atoms with Crippen molar-refractivity contribution < 1.29 is 18.3 Å². The normalized spacial score (nSPS) is 16.0. The average Bonchev–Trinajstić information content (AvgIpc) is 2.33. The number of rotatable bonds is 4. The summed E-state index contributed by atoms with van der Waals surface area (Å²) >= 11 is 0. The van der Waals surface area contributed by atoms with Gasteiger partial charge in [0.05, 0.1) is 11.7 Å². The third kappa shape index (κ3) is 4.80. The van der Waals surface area contributed by atoms with Crippen LogP contribution in [0.1, 0.15) is 51.3 Å². The molecule has 2 N–H and O–H groups in total. The summed E-state index contributed by atoms with van der Waals surface area (Å²) in [5, 5.41) is 13.5. The maximum absolute atomic E-state index is 12.7. The molecule has 2 nitrogen and oxygen atoms in total. The van der Waals surface area contributed by atoms with Gasteiger partial charge in [0, 0.05) is 11.6 Å². The Morgan fingerprint density at radius 2 is 1.80 bits per heavy atom. The van der Waals surface area contributed by atoms with Crippen LogP contribution in [0.3, 0.4) is 0 Å². The maximum Gasteiger partial charge on any atom is 0.416 e. The van der Waals surface area contributed by atoms with Gasteiger partial charge in [0.2, 0.25) is 0 Å². The number of benzene rings is 1. The van der Waals surface area contributed by atoms with Crippen molar-refractivity contribution >= 4 is 0 Å². The fourth-order valence-corrected chi connectivity index (χ4v) is 2.09. The molecule has 1 aromatic carbocycles. The predicted octanol–water partition coefficient (Wildman–Crippen LogP) is 3.91. The molecule has 0 aliphatic heterocycles. The molecular formula is C15H22F3NO. The summed E-state index contributed by atoms with van der Waals surface area (Å²) in [6.45, 7) is 7.75. The first kappa shape index (κ1) is 17.0. The molecule has 5 heteroatoms.